The van der Waals surface area contributed by atoms with E-state index in [0.29, 0.717) is 11.5 Å². The van der Waals surface area contributed by atoms with E-state index in [4.69, 9.17) is 0 Å². The van der Waals surface area contributed by atoms with Crippen LogP contribution in [0.5, 0.6) is 0 Å². The maximum atomic E-state index is 11.3. The maximum Gasteiger partial charge on any atom is 0.335 e. The van der Waals surface area contributed by atoms with Gasteiger partial charge in [0, 0.05) is 18.1 Å². The molecular formula is C17H23NO2. The molecule has 3 nitrogen and oxygen atoms in total. The lowest BCUT2D eigenvalue weighted by atomic mass is 9.99. The Bertz CT molecular complexity index is 638. The molecule has 1 heterocycles. The first-order chi connectivity index (χ1) is 9.45. The Morgan fingerprint density at radius 2 is 2.05 bits per heavy atom. The van der Waals surface area contributed by atoms with E-state index in [1.807, 2.05) is 13.0 Å². The fraction of sp³-hybridized carbons (Fsp3) is 0.471. The molecule has 20 heavy (non-hydrogen) atoms. The number of aromatic nitrogens is 1. The van der Waals surface area contributed by atoms with Gasteiger partial charge in [-0.15, -0.1) is 0 Å². The number of carbonyl (C=O) groups is 1. The van der Waals surface area contributed by atoms with E-state index in [2.05, 4.69) is 31.5 Å². The van der Waals surface area contributed by atoms with Crippen LogP contribution in [0.25, 0.3) is 10.9 Å². The van der Waals surface area contributed by atoms with E-state index in [0.717, 1.165) is 30.3 Å². The zero-order chi connectivity index (χ0) is 14.9. The van der Waals surface area contributed by atoms with E-state index < -0.39 is 5.97 Å². The van der Waals surface area contributed by atoms with Crippen LogP contribution in [0, 0.1) is 6.92 Å². The average Bonchev–Trinajstić information content (AvgIpc) is 2.75. The molecule has 0 radical (unpaired) electrons. The van der Waals surface area contributed by atoms with Crippen LogP contribution in [0.15, 0.2) is 18.3 Å². The van der Waals surface area contributed by atoms with Crippen molar-refractivity contribution in [1.29, 1.82) is 0 Å². The monoisotopic (exact) mass is 273 g/mol. The van der Waals surface area contributed by atoms with Gasteiger partial charge in [0.15, 0.2) is 0 Å². The highest BCUT2D eigenvalue weighted by Crippen LogP contribution is 2.31. The number of aryl methyl sites for hydroxylation is 2. The number of rotatable bonds is 5. The normalized spacial score (nSPS) is 11.4. The standard InChI is InChI=1S/C17H23NO2/c1-5-6-7-18-10-15(11(2)3)14-9-13(17(19)20)8-12(4)16(14)18/h8-11H,5-7H2,1-4H3,(H,19,20). The molecule has 0 aliphatic heterocycles. The summed E-state index contributed by atoms with van der Waals surface area (Å²) in [5, 5.41) is 10.3. The van der Waals surface area contributed by atoms with Gasteiger partial charge in [-0.2, -0.15) is 0 Å². The molecule has 3 heteroatoms. The first kappa shape index (κ1) is 14.6. The Morgan fingerprint density at radius 3 is 2.60 bits per heavy atom. The second-order valence-electron chi connectivity index (χ2n) is 5.78. The number of carboxylic acid groups (broad SMARTS) is 1. The number of aromatic carboxylic acids is 1. The van der Waals surface area contributed by atoms with Crippen molar-refractivity contribution >= 4 is 16.9 Å². The quantitative estimate of drug-likeness (QED) is 0.867. The molecule has 0 atom stereocenters. The van der Waals surface area contributed by atoms with Crippen LogP contribution in [0.1, 0.15) is 61.0 Å². The predicted octanol–water partition coefficient (Wildman–Crippen LogP) is 4.57. The van der Waals surface area contributed by atoms with E-state index in [1.54, 1.807) is 6.07 Å². The van der Waals surface area contributed by atoms with Gasteiger partial charge in [-0.25, -0.2) is 4.79 Å². The molecule has 2 rings (SSSR count). The lowest BCUT2D eigenvalue weighted by Crippen LogP contribution is -2.00. The van der Waals surface area contributed by atoms with Gasteiger partial charge in [-0.3, -0.25) is 0 Å². The third-order valence-corrected chi connectivity index (χ3v) is 3.82. The van der Waals surface area contributed by atoms with Crippen molar-refractivity contribution in [2.24, 2.45) is 0 Å². The van der Waals surface area contributed by atoms with Gasteiger partial charge in [0.2, 0.25) is 0 Å². The first-order valence-electron chi connectivity index (χ1n) is 7.32. The Labute approximate surface area is 120 Å². The molecule has 0 saturated carbocycles. The highest BCUT2D eigenvalue weighted by Gasteiger charge is 2.16. The number of nitrogens with zero attached hydrogens (tertiary/aromatic N) is 1. The van der Waals surface area contributed by atoms with Crippen molar-refractivity contribution in [2.45, 2.75) is 53.0 Å². The average molecular weight is 273 g/mol. The third kappa shape index (κ3) is 2.58. The highest BCUT2D eigenvalue weighted by molar-refractivity contribution is 5.96. The van der Waals surface area contributed by atoms with E-state index in [-0.39, 0.29) is 0 Å². The van der Waals surface area contributed by atoms with Gasteiger partial charge in [0.05, 0.1) is 11.1 Å². The molecule has 1 aromatic heterocycles. The van der Waals surface area contributed by atoms with E-state index >= 15 is 0 Å². The van der Waals surface area contributed by atoms with Gasteiger partial charge in [-0.05, 0) is 42.5 Å². The Kier molecular flexibility index (Phi) is 4.17. The van der Waals surface area contributed by atoms with Crippen molar-refractivity contribution < 1.29 is 9.90 Å². The number of unbranched alkanes of at least 4 members (excludes halogenated alkanes) is 1. The second kappa shape index (κ2) is 5.70. The number of hydrogen-bond donors (Lipinski definition) is 1. The van der Waals surface area contributed by atoms with Gasteiger partial charge in [-0.1, -0.05) is 27.2 Å². The summed E-state index contributed by atoms with van der Waals surface area (Å²) in [6, 6.07) is 3.60. The number of hydrogen-bond acceptors (Lipinski definition) is 1. The van der Waals surface area contributed by atoms with Gasteiger partial charge in [0.1, 0.15) is 0 Å². The lowest BCUT2D eigenvalue weighted by molar-refractivity contribution is 0.0697. The van der Waals surface area contributed by atoms with Crippen LogP contribution >= 0.6 is 0 Å². The maximum absolute atomic E-state index is 11.3. The molecular weight excluding hydrogens is 250 g/mol. The third-order valence-electron chi connectivity index (χ3n) is 3.82. The summed E-state index contributed by atoms with van der Waals surface area (Å²) >= 11 is 0. The summed E-state index contributed by atoms with van der Waals surface area (Å²) < 4.78 is 2.29. The minimum atomic E-state index is -0.856. The number of carboxylic acids is 1. The van der Waals surface area contributed by atoms with Crippen LogP contribution in [-0.2, 0) is 6.54 Å². The zero-order valence-electron chi connectivity index (χ0n) is 12.7. The summed E-state index contributed by atoms with van der Waals surface area (Å²) in [7, 11) is 0. The molecule has 1 aromatic carbocycles. The van der Waals surface area contributed by atoms with E-state index in [1.165, 1.54) is 11.1 Å². The Hall–Kier alpha value is -1.77. The molecule has 0 fully saturated rings. The molecule has 0 saturated heterocycles. The second-order valence-corrected chi connectivity index (χ2v) is 5.78. The predicted molar refractivity (Wildman–Crippen MR) is 82.6 cm³/mol. The number of fused-ring (bicyclic) bond motifs is 1. The fourth-order valence-electron chi connectivity index (χ4n) is 2.77. The Balaban J connectivity index is 2.69. The molecule has 0 aliphatic carbocycles. The number of benzene rings is 1. The van der Waals surface area contributed by atoms with Crippen molar-refractivity contribution in [2.75, 3.05) is 0 Å². The lowest BCUT2D eigenvalue weighted by Gasteiger charge is -2.08. The summed E-state index contributed by atoms with van der Waals surface area (Å²) in [4.78, 5) is 11.3. The first-order valence-corrected chi connectivity index (χ1v) is 7.32. The topological polar surface area (TPSA) is 42.2 Å². The summed E-state index contributed by atoms with van der Waals surface area (Å²) in [5.74, 6) is -0.463. The Morgan fingerprint density at radius 1 is 1.35 bits per heavy atom. The van der Waals surface area contributed by atoms with Crippen LogP contribution in [0.4, 0.5) is 0 Å². The largest absolute Gasteiger partial charge is 0.478 e. The van der Waals surface area contributed by atoms with Crippen molar-refractivity contribution in [3.8, 4) is 0 Å². The molecule has 2 aromatic rings. The molecule has 0 amide bonds. The summed E-state index contributed by atoms with van der Waals surface area (Å²) in [6.45, 7) is 9.49. The SMILES string of the molecule is CCCCn1cc(C(C)C)c2cc(C(=O)O)cc(C)c21. The minimum absolute atomic E-state index is 0.380. The van der Waals surface area contributed by atoms with Crippen molar-refractivity contribution in [1.82, 2.24) is 4.57 Å². The summed E-state index contributed by atoms with van der Waals surface area (Å²) in [5.41, 5.74) is 3.85. The molecule has 108 valence electrons. The van der Waals surface area contributed by atoms with Crippen LogP contribution in [0.3, 0.4) is 0 Å². The molecule has 1 N–H and O–H groups in total. The van der Waals surface area contributed by atoms with E-state index in [9.17, 15) is 9.90 Å². The van der Waals surface area contributed by atoms with Crippen LogP contribution in [-0.4, -0.2) is 15.6 Å². The van der Waals surface area contributed by atoms with Gasteiger partial charge < -0.3 is 9.67 Å². The molecule has 0 unspecified atom stereocenters. The smallest absolute Gasteiger partial charge is 0.335 e. The van der Waals surface area contributed by atoms with Crippen LogP contribution < -0.4 is 0 Å². The fourth-order valence-corrected chi connectivity index (χ4v) is 2.77. The van der Waals surface area contributed by atoms with Crippen LogP contribution in [0.2, 0.25) is 0 Å². The molecule has 0 aliphatic rings. The van der Waals surface area contributed by atoms with Crippen molar-refractivity contribution in [3.05, 3.63) is 35.0 Å². The summed E-state index contributed by atoms with van der Waals surface area (Å²) in [6.07, 6.45) is 4.49. The zero-order valence-corrected chi connectivity index (χ0v) is 12.7. The molecule has 0 spiro atoms. The van der Waals surface area contributed by atoms with Gasteiger partial charge in [0.25, 0.3) is 0 Å². The van der Waals surface area contributed by atoms with Gasteiger partial charge >= 0.3 is 5.97 Å². The van der Waals surface area contributed by atoms with Crippen molar-refractivity contribution in [3.63, 3.8) is 0 Å². The minimum Gasteiger partial charge on any atom is -0.478 e. The molecule has 0 bridgehead atoms. The highest BCUT2D eigenvalue weighted by atomic mass is 16.4.